The fourth-order valence-corrected chi connectivity index (χ4v) is 2.01. The Morgan fingerprint density at radius 2 is 2.16 bits per heavy atom. The molecule has 1 aliphatic heterocycles. The van der Waals surface area contributed by atoms with Gasteiger partial charge in [0.2, 0.25) is 0 Å². The predicted molar refractivity (Wildman–Crippen MR) is 71.9 cm³/mol. The van der Waals surface area contributed by atoms with E-state index in [1.165, 1.54) is 7.11 Å². The van der Waals surface area contributed by atoms with Crippen LogP contribution >= 0.6 is 11.6 Å². The van der Waals surface area contributed by atoms with Gasteiger partial charge >= 0.3 is 6.03 Å². The van der Waals surface area contributed by atoms with E-state index in [1.54, 1.807) is 31.2 Å². The van der Waals surface area contributed by atoms with Gasteiger partial charge in [0.1, 0.15) is 11.4 Å². The first-order valence-electron chi connectivity index (χ1n) is 5.75. The molecule has 6 heteroatoms. The van der Waals surface area contributed by atoms with Crippen molar-refractivity contribution in [2.75, 3.05) is 13.7 Å². The number of likely N-dealkylation sites (N-methyl/N-ethyl adjacent to an activating group) is 1. The molecule has 1 heterocycles. The first-order valence-corrected chi connectivity index (χ1v) is 6.12. The van der Waals surface area contributed by atoms with Gasteiger partial charge in [-0.15, -0.1) is 0 Å². The van der Waals surface area contributed by atoms with Crippen LogP contribution < -0.4 is 10.1 Å². The molecule has 2 rings (SSSR count). The Labute approximate surface area is 115 Å². The minimum atomic E-state index is -0.417. The molecular formula is C13H13ClN2O3. The predicted octanol–water partition coefficient (Wildman–Crippen LogP) is 2.26. The van der Waals surface area contributed by atoms with Gasteiger partial charge in [-0.3, -0.25) is 9.69 Å². The average Bonchev–Trinajstić information content (AvgIpc) is 2.64. The third kappa shape index (κ3) is 2.56. The smallest absolute Gasteiger partial charge is 0.328 e. The summed E-state index contributed by atoms with van der Waals surface area (Å²) in [4.78, 5) is 24.6. The van der Waals surface area contributed by atoms with Crippen LogP contribution in [0.4, 0.5) is 4.79 Å². The molecule has 1 N–H and O–H groups in total. The van der Waals surface area contributed by atoms with Gasteiger partial charge in [-0.25, -0.2) is 4.79 Å². The lowest BCUT2D eigenvalue weighted by molar-refractivity contribution is -0.122. The average molecular weight is 281 g/mol. The van der Waals surface area contributed by atoms with Gasteiger partial charge in [0.15, 0.2) is 0 Å². The van der Waals surface area contributed by atoms with Gasteiger partial charge in [-0.2, -0.15) is 0 Å². The molecule has 3 amide bonds. The largest absolute Gasteiger partial charge is 0.496 e. The third-order valence-electron chi connectivity index (χ3n) is 2.77. The van der Waals surface area contributed by atoms with Crippen LogP contribution in [-0.4, -0.2) is 30.5 Å². The molecule has 0 radical (unpaired) electrons. The van der Waals surface area contributed by atoms with E-state index in [2.05, 4.69) is 5.32 Å². The maximum atomic E-state index is 11.9. The molecule has 1 aromatic carbocycles. The lowest BCUT2D eigenvalue weighted by atomic mass is 10.1. The quantitative estimate of drug-likeness (QED) is 0.682. The van der Waals surface area contributed by atoms with E-state index in [9.17, 15) is 9.59 Å². The fraction of sp³-hybridized carbons (Fsp3) is 0.231. The number of methoxy groups -OCH3 is 1. The molecule has 1 saturated heterocycles. The van der Waals surface area contributed by atoms with Crippen molar-refractivity contribution < 1.29 is 14.3 Å². The minimum Gasteiger partial charge on any atom is -0.496 e. The summed E-state index contributed by atoms with van der Waals surface area (Å²) in [5.41, 5.74) is 0.851. The summed E-state index contributed by atoms with van der Waals surface area (Å²) in [5.74, 6) is 0.225. The second kappa shape index (κ2) is 5.32. The van der Waals surface area contributed by atoms with Crippen LogP contribution in [0.3, 0.4) is 0 Å². The highest BCUT2D eigenvalue weighted by molar-refractivity contribution is 6.30. The molecule has 19 heavy (non-hydrogen) atoms. The Balaban J connectivity index is 2.40. The Kier molecular flexibility index (Phi) is 3.76. The summed E-state index contributed by atoms with van der Waals surface area (Å²) < 4.78 is 5.19. The van der Waals surface area contributed by atoms with Gasteiger partial charge in [0.05, 0.1) is 7.11 Å². The standard InChI is InChI=1S/C13H13ClN2O3/c1-3-16-12(17)10(15-13(16)18)7-8-6-9(14)4-5-11(8)19-2/h4-7H,3H2,1-2H3,(H,15,18). The molecule has 100 valence electrons. The van der Waals surface area contributed by atoms with Crippen LogP contribution in [0.25, 0.3) is 6.08 Å². The highest BCUT2D eigenvalue weighted by atomic mass is 35.5. The molecule has 0 aromatic heterocycles. The van der Waals surface area contributed by atoms with Crippen LogP contribution in [0.2, 0.25) is 5.02 Å². The van der Waals surface area contributed by atoms with Crippen molar-refractivity contribution in [3.05, 3.63) is 34.5 Å². The van der Waals surface area contributed by atoms with Crippen molar-refractivity contribution in [3.63, 3.8) is 0 Å². The Bertz CT molecular complexity index is 569. The minimum absolute atomic E-state index is 0.215. The molecule has 0 unspecified atom stereocenters. The molecule has 0 saturated carbocycles. The summed E-state index contributed by atoms with van der Waals surface area (Å²) in [5, 5.41) is 3.05. The molecule has 5 nitrogen and oxygen atoms in total. The summed E-state index contributed by atoms with van der Waals surface area (Å²) in [7, 11) is 1.53. The number of nitrogens with one attached hydrogen (secondary N) is 1. The highest BCUT2D eigenvalue weighted by Crippen LogP contribution is 2.25. The first kappa shape index (κ1) is 13.4. The monoisotopic (exact) mass is 280 g/mol. The number of benzene rings is 1. The maximum absolute atomic E-state index is 11.9. The molecule has 0 atom stereocenters. The first-order chi connectivity index (χ1) is 9.06. The zero-order chi connectivity index (χ0) is 14.0. The van der Waals surface area contributed by atoms with Gasteiger partial charge in [0, 0.05) is 17.1 Å². The summed E-state index contributed by atoms with van der Waals surface area (Å²) in [6, 6.07) is 4.64. The van der Waals surface area contributed by atoms with Crippen LogP contribution in [0.15, 0.2) is 23.9 Å². The van der Waals surface area contributed by atoms with Crippen LogP contribution in [0, 0.1) is 0 Å². The molecule has 0 bridgehead atoms. The summed E-state index contributed by atoms with van der Waals surface area (Å²) in [6.45, 7) is 2.06. The topological polar surface area (TPSA) is 58.6 Å². The lowest BCUT2D eigenvalue weighted by Crippen LogP contribution is -2.30. The second-order valence-corrected chi connectivity index (χ2v) is 4.36. The maximum Gasteiger partial charge on any atom is 0.328 e. The van der Waals surface area contributed by atoms with E-state index in [0.29, 0.717) is 22.9 Å². The SMILES string of the molecule is CCN1C(=O)NC(=Cc2cc(Cl)ccc2OC)C1=O. The zero-order valence-corrected chi connectivity index (χ0v) is 11.3. The molecular weight excluding hydrogens is 268 g/mol. The van der Waals surface area contributed by atoms with Gasteiger partial charge in [-0.1, -0.05) is 11.6 Å². The van der Waals surface area contributed by atoms with E-state index in [1.807, 2.05) is 0 Å². The van der Waals surface area contributed by atoms with Crippen LogP contribution in [0.1, 0.15) is 12.5 Å². The van der Waals surface area contributed by atoms with E-state index in [4.69, 9.17) is 16.3 Å². The fourth-order valence-electron chi connectivity index (χ4n) is 1.83. The Hall–Kier alpha value is -2.01. The van der Waals surface area contributed by atoms with E-state index >= 15 is 0 Å². The number of rotatable bonds is 3. The van der Waals surface area contributed by atoms with Crippen molar-refractivity contribution in [1.29, 1.82) is 0 Å². The molecule has 0 spiro atoms. The Morgan fingerprint density at radius 1 is 1.42 bits per heavy atom. The molecule has 1 fully saturated rings. The number of nitrogens with zero attached hydrogens (tertiary/aromatic N) is 1. The number of halogens is 1. The third-order valence-corrected chi connectivity index (χ3v) is 3.01. The number of urea groups is 1. The number of hydrogen-bond acceptors (Lipinski definition) is 3. The summed E-state index contributed by atoms with van der Waals surface area (Å²) in [6.07, 6.45) is 1.56. The van der Waals surface area contributed by atoms with Crippen molar-refractivity contribution in [1.82, 2.24) is 10.2 Å². The van der Waals surface area contributed by atoms with Gasteiger partial charge in [0.25, 0.3) is 5.91 Å². The normalized spacial score (nSPS) is 17.0. The zero-order valence-electron chi connectivity index (χ0n) is 10.6. The number of ether oxygens (including phenoxy) is 1. The van der Waals surface area contributed by atoms with Crippen molar-refractivity contribution in [3.8, 4) is 5.75 Å². The molecule has 1 aromatic rings. The highest BCUT2D eigenvalue weighted by Gasteiger charge is 2.32. The molecule has 0 aliphatic carbocycles. The van der Waals surface area contributed by atoms with E-state index in [-0.39, 0.29) is 11.6 Å². The number of carbonyl (C=O) groups is 2. The van der Waals surface area contributed by atoms with Gasteiger partial charge < -0.3 is 10.1 Å². The Morgan fingerprint density at radius 3 is 2.74 bits per heavy atom. The molecule has 1 aliphatic rings. The van der Waals surface area contributed by atoms with E-state index < -0.39 is 6.03 Å². The van der Waals surface area contributed by atoms with E-state index in [0.717, 1.165) is 4.90 Å². The summed E-state index contributed by atoms with van der Waals surface area (Å²) >= 11 is 5.91. The van der Waals surface area contributed by atoms with Crippen molar-refractivity contribution in [2.24, 2.45) is 0 Å². The number of amides is 3. The van der Waals surface area contributed by atoms with Crippen molar-refractivity contribution >= 4 is 29.6 Å². The number of carbonyl (C=O) groups excluding carboxylic acids is 2. The van der Waals surface area contributed by atoms with Crippen molar-refractivity contribution in [2.45, 2.75) is 6.92 Å². The number of hydrogen-bond donors (Lipinski definition) is 1. The van der Waals surface area contributed by atoms with Gasteiger partial charge in [-0.05, 0) is 31.2 Å². The van der Waals surface area contributed by atoms with Crippen LogP contribution in [0.5, 0.6) is 5.75 Å². The lowest BCUT2D eigenvalue weighted by Gasteiger charge is -2.07. The van der Waals surface area contributed by atoms with Crippen LogP contribution in [-0.2, 0) is 4.79 Å². The number of imide groups is 1. The second-order valence-electron chi connectivity index (χ2n) is 3.92.